The van der Waals surface area contributed by atoms with Crippen molar-refractivity contribution in [1.29, 1.82) is 5.26 Å². The summed E-state index contributed by atoms with van der Waals surface area (Å²) in [6.07, 6.45) is 0.724. The second-order valence-corrected chi connectivity index (χ2v) is 5.29. The average Bonchev–Trinajstić information content (AvgIpc) is 2.56. The van der Waals surface area contributed by atoms with E-state index in [9.17, 15) is 4.79 Å². The van der Waals surface area contributed by atoms with E-state index in [0.29, 0.717) is 10.0 Å². The van der Waals surface area contributed by atoms with E-state index < -0.39 is 5.97 Å². The zero-order valence-corrected chi connectivity index (χ0v) is 9.98. The molecule has 0 aromatic carbocycles. The van der Waals surface area contributed by atoms with Gasteiger partial charge in [0, 0.05) is 0 Å². The predicted octanol–water partition coefficient (Wildman–Crippen LogP) is 2.54. The van der Waals surface area contributed by atoms with Crippen molar-refractivity contribution in [3.05, 3.63) is 10.6 Å². The number of aryl methyl sites for hydroxylation is 1. The zero-order valence-electron chi connectivity index (χ0n) is 8.35. The lowest BCUT2D eigenvalue weighted by Crippen LogP contribution is -1.94. The standard InChI is InChI=1S/C9H10N2O2S2/c1-3-6(4-10)14-9-11-5(2)7(15-9)8(12)13/h6H,3H2,1-2H3,(H,12,13). The number of carboxylic acids is 1. The van der Waals surface area contributed by atoms with Crippen molar-refractivity contribution in [2.75, 3.05) is 0 Å². The molecule has 0 aliphatic rings. The molecule has 0 saturated carbocycles. The lowest BCUT2D eigenvalue weighted by Gasteiger charge is -2.00. The minimum Gasteiger partial charge on any atom is -0.477 e. The zero-order chi connectivity index (χ0) is 11.4. The van der Waals surface area contributed by atoms with Crippen molar-refractivity contribution in [2.24, 2.45) is 0 Å². The highest BCUT2D eigenvalue weighted by atomic mass is 32.2. The van der Waals surface area contributed by atoms with Crippen molar-refractivity contribution >= 4 is 29.1 Å². The van der Waals surface area contributed by atoms with Crippen LogP contribution in [0.25, 0.3) is 0 Å². The van der Waals surface area contributed by atoms with Gasteiger partial charge in [-0.3, -0.25) is 0 Å². The molecule has 4 nitrogen and oxygen atoms in total. The summed E-state index contributed by atoms with van der Waals surface area (Å²) < 4.78 is 0.651. The SMILES string of the molecule is CCC(C#N)Sc1nc(C)c(C(=O)O)s1. The van der Waals surface area contributed by atoms with Gasteiger partial charge in [-0.05, 0) is 13.3 Å². The molecule has 0 amide bonds. The van der Waals surface area contributed by atoms with E-state index in [4.69, 9.17) is 10.4 Å². The number of nitrogens with zero attached hydrogens (tertiary/aromatic N) is 2. The van der Waals surface area contributed by atoms with E-state index in [1.54, 1.807) is 6.92 Å². The first-order valence-electron chi connectivity index (χ1n) is 4.35. The quantitative estimate of drug-likeness (QED) is 0.821. The van der Waals surface area contributed by atoms with E-state index in [1.807, 2.05) is 6.92 Å². The van der Waals surface area contributed by atoms with Crippen LogP contribution in [0, 0.1) is 18.3 Å². The van der Waals surface area contributed by atoms with Gasteiger partial charge in [-0.2, -0.15) is 5.26 Å². The van der Waals surface area contributed by atoms with Gasteiger partial charge in [0.1, 0.15) is 4.88 Å². The first-order chi connectivity index (χ1) is 7.08. The number of aromatic carboxylic acids is 1. The molecule has 1 rings (SSSR count). The number of hydrogen-bond acceptors (Lipinski definition) is 5. The molecule has 1 heterocycles. The Hall–Kier alpha value is -1.06. The smallest absolute Gasteiger partial charge is 0.347 e. The number of thiazole rings is 1. The van der Waals surface area contributed by atoms with Gasteiger partial charge >= 0.3 is 5.97 Å². The van der Waals surface area contributed by atoms with E-state index in [1.165, 1.54) is 11.8 Å². The maximum atomic E-state index is 10.8. The Kier molecular flexibility index (Phi) is 4.12. The molecule has 1 aromatic rings. The number of hydrogen-bond donors (Lipinski definition) is 1. The molecule has 80 valence electrons. The maximum Gasteiger partial charge on any atom is 0.347 e. The Morgan fingerprint density at radius 1 is 1.80 bits per heavy atom. The van der Waals surface area contributed by atoms with Crippen LogP contribution in [0.5, 0.6) is 0 Å². The number of carboxylic acid groups (broad SMARTS) is 1. The van der Waals surface area contributed by atoms with Gasteiger partial charge in [0.2, 0.25) is 0 Å². The first-order valence-corrected chi connectivity index (χ1v) is 6.05. The van der Waals surface area contributed by atoms with Gasteiger partial charge in [-0.25, -0.2) is 9.78 Å². The fourth-order valence-corrected chi connectivity index (χ4v) is 3.02. The van der Waals surface area contributed by atoms with Crippen LogP contribution in [0.3, 0.4) is 0 Å². The molecule has 0 saturated heterocycles. The summed E-state index contributed by atoms with van der Waals surface area (Å²) in [6.45, 7) is 3.58. The third kappa shape index (κ3) is 2.94. The lowest BCUT2D eigenvalue weighted by atomic mass is 10.4. The molecule has 0 aliphatic heterocycles. The largest absolute Gasteiger partial charge is 0.477 e. The summed E-state index contributed by atoms with van der Waals surface area (Å²) in [5, 5.41) is 17.4. The Morgan fingerprint density at radius 3 is 2.87 bits per heavy atom. The van der Waals surface area contributed by atoms with Crippen molar-refractivity contribution in [3.63, 3.8) is 0 Å². The minimum absolute atomic E-state index is 0.155. The van der Waals surface area contributed by atoms with Crippen LogP contribution in [0.1, 0.15) is 28.7 Å². The number of nitriles is 1. The average molecular weight is 242 g/mol. The van der Waals surface area contributed by atoms with Gasteiger partial charge in [0.05, 0.1) is 17.0 Å². The third-order valence-corrected chi connectivity index (χ3v) is 4.22. The number of thioether (sulfide) groups is 1. The van der Waals surface area contributed by atoms with Gasteiger partial charge in [0.25, 0.3) is 0 Å². The van der Waals surface area contributed by atoms with Crippen LogP contribution < -0.4 is 0 Å². The second kappa shape index (κ2) is 5.14. The highest BCUT2D eigenvalue weighted by molar-refractivity contribution is 8.01. The molecule has 0 spiro atoms. The van der Waals surface area contributed by atoms with Crippen LogP contribution in [0.4, 0.5) is 0 Å². The number of aromatic nitrogens is 1. The second-order valence-electron chi connectivity index (χ2n) is 2.84. The fourth-order valence-electron chi connectivity index (χ4n) is 0.943. The summed E-state index contributed by atoms with van der Waals surface area (Å²) in [5.74, 6) is -0.957. The number of rotatable bonds is 4. The third-order valence-electron chi connectivity index (χ3n) is 1.73. The van der Waals surface area contributed by atoms with Crippen LogP contribution in [0.15, 0.2) is 4.34 Å². The van der Waals surface area contributed by atoms with Gasteiger partial charge < -0.3 is 5.11 Å². The summed E-state index contributed by atoms with van der Waals surface area (Å²) in [4.78, 5) is 15.1. The molecule has 1 unspecified atom stereocenters. The highest BCUT2D eigenvalue weighted by Gasteiger charge is 2.16. The van der Waals surface area contributed by atoms with Crippen molar-refractivity contribution in [1.82, 2.24) is 4.98 Å². The maximum absolute atomic E-state index is 10.8. The minimum atomic E-state index is -0.957. The molecule has 1 N–H and O–H groups in total. The van der Waals surface area contributed by atoms with Crippen LogP contribution >= 0.6 is 23.1 Å². The molecule has 0 bridgehead atoms. The molecule has 0 fully saturated rings. The monoisotopic (exact) mass is 242 g/mol. The van der Waals surface area contributed by atoms with E-state index in [-0.39, 0.29) is 10.1 Å². The molecule has 1 aromatic heterocycles. The number of carbonyl (C=O) groups is 1. The normalized spacial score (nSPS) is 12.1. The van der Waals surface area contributed by atoms with Crippen LogP contribution in [0.2, 0.25) is 0 Å². The van der Waals surface area contributed by atoms with Crippen molar-refractivity contribution < 1.29 is 9.90 Å². The molecule has 1 atom stereocenters. The van der Waals surface area contributed by atoms with E-state index in [2.05, 4.69) is 11.1 Å². The van der Waals surface area contributed by atoms with Gasteiger partial charge in [0.15, 0.2) is 4.34 Å². The van der Waals surface area contributed by atoms with Crippen molar-refractivity contribution in [3.8, 4) is 6.07 Å². The molecule has 6 heteroatoms. The highest BCUT2D eigenvalue weighted by Crippen LogP contribution is 2.31. The molecule has 15 heavy (non-hydrogen) atoms. The Labute approximate surface area is 96.0 Å². The Balaban J connectivity index is 2.85. The van der Waals surface area contributed by atoms with Crippen LogP contribution in [-0.2, 0) is 0 Å². The molecular weight excluding hydrogens is 232 g/mol. The van der Waals surface area contributed by atoms with Crippen molar-refractivity contribution in [2.45, 2.75) is 29.9 Å². The molecule has 0 aliphatic carbocycles. The van der Waals surface area contributed by atoms with E-state index >= 15 is 0 Å². The van der Waals surface area contributed by atoms with Crippen LogP contribution in [-0.4, -0.2) is 21.3 Å². The first kappa shape index (κ1) is 12.0. The summed E-state index contributed by atoms with van der Waals surface area (Å²) in [5.41, 5.74) is 0.516. The molecule has 0 radical (unpaired) electrons. The summed E-state index contributed by atoms with van der Waals surface area (Å²) >= 11 is 2.45. The van der Waals surface area contributed by atoms with Gasteiger partial charge in [-0.1, -0.05) is 18.7 Å². The topological polar surface area (TPSA) is 74.0 Å². The lowest BCUT2D eigenvalue weighted by molar-refractivity contribution is 0.0701. The fraction of sp³-hybridized carbons (Fsp3) is 0.444. The summed E-state index contributed by atoms with van der Waals surface area (Å²) in [7, 11) is 0. The van der Waals surface area contributed by atoms with E-state index in [0.717, 1.165) is 17.8 Å². The predicted molar refractivity (Wildman–Crippen MR) is 59.4 cm³/mol. The van der Waals surface area contributed by atoms with Gasteiger partial charge in [-0.15, -0.1) is 11.3 Å². The molecular formula is C9H10N2O2S2. The Bertz CT molecular complexity index is 409. The summed E-state index contributed by atoms with van der Waals surface area (Å²) in [6, 6.07) is 2.14. The Morgan fingerprint density at radius 2 is 2.47 bits per heavy atom.